The Bertz CT molecular complexity index is 1090. The van der Waals surface area contributed by atoms with Gasteiger partial charge >= 0.3 is 0 Å². The van der Waals surface area contributed by atoms with Gasteiger partial charge in [-0.2, -0.15) is 0 Å². The van der Waals surface area contributed by atoms with Crippen LogP contribution < -0.4 is 4.74 Å². The van der Waals surface area contributed by atoms with Gasteiger partial charge in [0.2, 0.25) is 0 Å². The Balaban J connectivity index is 1.63. The number of aryl methyl sites for hydroxylation is 1. The molecule has 1 heterocycles. The third-order valence-electron chi connectivity index (χ3n) is 4.39. The van der Waals surface area contributed by atoms with Crippen LogP contribution in [0.3, 0.4) is 0 Å². The molecule has 0 saturated carbocycles. The first-order valence-corrected chi connectivity index (χ1v) is 8.81. The van der Waals surface area contributed by atoms with Crippen LogP contribution in [0.1, 0.15) is 17.5 Å². The first-order chi connectivity index (χ1) is 13.5. The number of hydrogen-bond acceptors (Lipinski definition) is 4. The smallest absolute Gasteiger partial charge is 0.163 e. The second-order valence-corrected chi connectivity index (χ2v) is 6.42. The minimum absolute atomic E-state index is 0.00815. The number of hydrogen-bond donors (Lipinski definition) is 1. The molecule has 2 aromatic carbocycles. The molecule has 0 radical (unpaired) electrons. The van der Waals surface area contributed by atoms with Crippen LogP contribution in [0.2, 0.25) is 0 Å². The molecule has 0 aliphatic heterocycles. The number of carbonyl (C=O) groups excluding carboxylic acids is 2. The summed E-state index contributed by atoms with van der Waals surface area (Å²) in [4.78, 5) is 24.1. The van der Waals surface area contributed by atoms with Crippen LogP contribution in [0, 0.1) is 0 Å². The molecule has 0 unspecified atom stereocenters. The Morgan fingerprint density at radius 2 is 1.79 bits per heavy atom. The van der Waals surface area contributed by atoms with Gasteiger partial charge in [-0.3, -0.25) is 9.59 Å². The number of benzene rings is 2. The van der Waals surface area contributed by atoms with Crippen molar-refractivity contribution < 1.29 is 19.4 Å². The number of aromatic hydroxyl groups is 1. The number of nitrogens with zero attached hydrogens (tertiary/aromatic N) is 1. The highest BCUT2D eigenvalue weighted by Crippen LogP contribution is 2.26. The Kier molecular flexibility index (Phi) is 5.75. The van der Waals surface area contributed by atoms with Crippen LogP contribution in [0.25, 0.3) is 23.1 Å². The number of phenols is 1. The molecule has 5 heteroatoms. The van der Waals surface area contributed by atoms with E-state index in [4.69, 9.17) is 4.74 Å². The van der Waals surface area contributed by atoms with Gasteiger partial charge in [-0.15, -0.1) is 0 Å². The lowest BCUT2D eigenvalue weighted by Crippen LogP contribution is -2.01. The van der Waals surface area contributed by atoms with E-state index in [1.807, 2.05) is 42.1 Å². The maximum atomic E-state index is 12.1. The highest BCUT2D eigenvalue weighted by Gasteiger charge is 2.07. The van der Waals surface area contributed by atoms with E-state index in [0.29, 0.717) is 11.3 Å². The van der Waals surface area contributed by atoms with Crippen LogP contribution in [-0.2, 0) is 16.6 Å². The predicted molar refractivity (Wildman–Crippen MR) is 110 cm³/mol. The maximum absolute atomic E-state index is 12.1. The van der Waals surface area contributed by atoms with Crippen molar-refractivity contribution in [1.29, 1.82) is 0 Å². The molecule has 0 aliphatic carbocycles. The lowest BCUT2D eigenvalue weighted by molar-refractivity contribution is -0.121. The molecular formula is C23H21NO4. The van der Waals surface area contributed by atoms with Gasteiger partial charge < -0.3 is 14.4 Å². The normalized spacial score (nSPS) is 11.5. The lowest BCUT2D eigenvalue weighted by Gasteiger charge is -2.03. The van der Waals surface area contributed by atoms with Gasteiger partial charge in [0.1, 0.15) is 0 Å². The fourth-order valence-electron chi connectivity index (χ4n) is 2.98. The Morgan fingerprint density at radius 3 is 2.50 bits per heavy atom. The van der Waals surface area contributed by atoms with E-state index in [1.54, 1.807) is 24.3 Å². The molecule has 0 aliphatic rings. The first-order valence-electron chi connectivity index (χ1n) is 8.81. The van der Waals surface area contributed by atoms with Gasteiger partial charge in [-0.05, 0) is 42.0 Å². The topological polar surface area (TPSA) is 68.5 Å². The van der Waals surface area contributed by atoms with Crippen molar-refractivity contribution in [2.45, 2.75) is 6.42 Å². The highest BCUT2D eigenvalue weighted by molar-refractivity contribution is 6.11. The summed E-state index contributed by atoms with van der Waals surface area (Å²) in [6, 6.07) is 12.7. The first kappa shape index (κ1) is 19.2. The van der Waals surface area contributed by atoms with Gasteiger partial charge in [-0.1, -0.05) is 30.3 Å². The molecule has 3 rings (SSSR count). The number of phenolic OH excluding ortho intramolecular Hbond substituents is 1. The van der Waals surface area contributed by atoms with E-state index < -0.39 is 0 Å². The van der Waals surface area contributed by atoms with E-state index in [2.05, 4.69) is 0 Å². The molecule has 0 atom stereocenters. The van der Waals surface area contributed by atoms with E-state index >= 15 is 0 Å². The van der Waals surface area contributed by atoms with Crippen molar-refractivity contribution in [1.82, 2.24) is 4.57 Å². The number of rotatable bonds is 7. The number of carbonyl (C=O) groups is 2. The highest BCUT2D eigenvalue weighted by atomic mass is 16.5. The fourth-order valence-corrected chi connectivity index (χ4v) is 2.98. The zero-order chi connectivity index (χ0) is 20.1. The number of para-hydroxylation sites is 1. The molecule has 1 aromatic heterocycles. The minimum Gasteiger partial charge on any atom is -0.504 e. The fraction of sp³-hybridized carbons (Fsp3) is 0.130. The molecular weight excluding hydrogens is 354 g/mol. The van der Waals surface area contributed by atoms with Gasteiger partial charge in [0, 0.05) is 29.7 Å². The quantitative estimate of drug-likeness (QED) is 0.498. The number of aromatic nitrogens is 1. The number of allylic oxidation sites excluding steroid dienone is 2. The van der Waals surface area contributed by atoms with Gasteiger partial charge in [0.25, 0.3) is 0 Å². The average Bonchev–Trinajstić information content (AvgIpc) is 3.01. The van der Waals surface area contributed by atoms with Crippen molar-refractivity contribution >= 4 is 34.6 Å². The number of ether oxygens (including phenoxy) is 1. The van der Waals surface area contributed by atoms with E-state index in [1.165, 1.54) is 25.3 Å². The monoisotopic (exact) mass is 375 g/mol. The average molecular weight is 375 g/mol. The van der Waals surface area contributed by atoms with E-state index in [-0.39, 0.29) is 23.7 Å². The predicted octanol–water partition coefficient (Wildman–Crippen LogP) is 4.15. The molecule has 1 N–H and O–H groups in total. The molecule has 28 heavy (non-hydrogen) atoms. The summed E-state index contributed by atoms with van der Waals surface area (Å²) in [5, 5.41) is 10.8. The SMILES string of the molecule is COc1ccc(/C=C/C(=O)CC(=O)/C=C/c2cn(C)c3ccccc23)cc1O. The summed E-state index contributed by atoms with van der Waals surface area (Å²) in [6.07, 6.45) is 7.82. The van der Waals surface area contributed by atoms with Crippen molar-refractivity contribution in [3.05, 3.63) is 71.9 Å². The van der Waals surface area contributed by atoms with Crippen LogP contribution >= 0.6 is 0 Å². The van der Waals surface area contributed by atoms with Crippen LogP contribution in [0.5, 0.6) is 11.5 Å². The van der Waals surface area contributed by atoms with Crippen molar-refractivity contribution in [2.75, 3.05) is 7.11 Å². The van der Waals surface area contributed by atoms with Crippen molar-refractivity contribution in [3.8, 4) is 11.5 Å². The van der Waals surface area contributed by atoms with Crippen LogP contribution in [-0.4, -0.2) is 28.3 Å². The largest absolute Gasteiger partial charge is 0.504 e. The Hall–Kier alpha value is -3.60. The molecule has 0 bridgehead atoms. The molecule has 0 spiro atoms. The Morgan fingerprint density at radius 1 is 1.07 bits per heavy atom. The molecule has 142 valence electrons. The number of methoxy groups -OCH3 is 1. The summed E-state index contributed by atoms with van der Waals surface area (Å²) in [6.45, 7) is 0. The van der Waals surface area contributed by atoms with Gasteiger partial charge in [0.05, 0.1) is 13.5 Å². The number of fused-ring (bicyclic) bond motifs is 1. The second kappa shape index (κ2) is 8.39. The third kappa shape index (κ3) is 4.38. The zero-order valence-electron chi connectivity index (χ0n) is 15.8. The third-order valence-corrected chi connectivity index (χ3v) is 4.39. The lowest BCUT2D eigenvalue weighted by atomic mass is 10.1. The summed E-state index contributed by atoms with van der Waals surface area (Å²) in [5.74, 6) is -0.216. The summed E-state index contributed by atoms with van der Waals surface area (Å²) in [7, 11) is 3.41. The van der Waals surface area contributed by atoms with Crippen LogP contribution in [0.4, 0.5) is 0 Å². The summed E-state index contributed by atoms with van der Waals surface area (Å²) >= 11 is 0. The minimum atomic E-state index is -0.303. The molecule has 3 aromatic rings. The molecule has 0 fully saturated rings. The van der Waals surface area contributed by atoms with Crippen molar-refractivity contribution in [3.63, 3.8) is 0 Å². The second-order valence-electron chi connectivity index (χ2n) is 6.42. The maximum Gasteiger partial charge on any atom is 0.163 e. The van der Waals surface area contributed by atoms with Gasteiger partial charge in [0.15, 0.2) is 23.1 Å². The summed E-state index contributed by atoms with van der Waals surface area (Å²) in [5.41, 5.74) is 2.66. The summed E-state index contributed by atoms with van der Waals surface area (Å²) < 4.78 is 6.97. The number of ketones is 2. The molecule has 5 nitrogen and oxygen atoms in total. The van der Waals surface area contributed by atoms with Crippen molar-refractivity contribution in [2.24, 2.45) is 7.05 Å². The molecule has 0 amide bonds. The Labute approximate surface area is 163 Å². The van der Waals surface area contributed by atoms with Crippen LogP contribution in [0.15, 0.2) is 60.8 Å². The van der Waals surface area contributed by atoms with E-state index in [0.717, 1.165) is 16.5 Å². The van der Waals surface area contributed by atoms with Gasteiger partial charge in [-0.25, -0.2) is 0 Å². The standard InChI is InChI=1S/C23H21NO4/c1-24-15-17(20-5-3-4-6-21(20)24)9-11-19(26)14-18(25)10-7-16-8-12-23(28-2)22(27)13-16/h3-13,15,27H,14H2,1-2H3/b10-7+,11-9+. The zero-order valence-corrected chi connectivity index (χ0v) is 15.8. The van der Waals surface area contributed by atoms with E-state index in [9.17, 15) is 14.7 Å². The molecule has 0 saturated heterocycles.